The summed E-state index contributed by atoms with van der Waals surface area (Å²) < 4.78 is 0. The van der Waals surface area contributed by atoms with Crippen molar-refractivity contribution in [1.29, 1.82) is 0 Å². The first-order chi connectivity index (χ1) is 10.2. The molecule has 1 aromatic carbocycles. The lowest BCUT2D eigenvalue weighted by atomic mass is 10.1. The third-order valence-corrected chi connectivity index (χ3v) is 3.80. The molecule has 0 spiro atoms. The van der Waals surface area contributed by atoms with Gasteiger partial charge in [0.15, 0.2) is 0 Å². The van der Waals surface area contributed by atoms with E-state index in [9.17, 15) is 9.59 Å². The molecule has 1 atom stereocenters. The predicted octanol–water partition coefficient (Wildman–Crippen LogP) is 1.68. The maximum atomic E-state index is 12.8. The number of hydrogen-bond acceptors (Lipinski definition) is 3. The van der Waals surface area contributed by atoms with Crippen molar-refractivity contribution >= 4 is 24.2 Å². The van der Waals surface area contributed by atoms with Crippen LogP contribution >= 0.6 is 12.4 Å². The lowest BCUT2D eigenvalue weighted by molar-refractivity contribution is 0.0692. The Morgan fingerprint density at radius 1 is 1.36 bits per heavy atom. The summed E-state index contributed by atoms with van der Waals surface area (Å²) in [5.74, 6) is -0.162. The van der Waals surface area contributed by atoms with E-state index in [4.69, 9.17) is 0 Å². The second-order valence-electron chi connectivity index (χ2n) is 5.31. The van der Waals surface area contributed by atoms with Crippen LogP contribution in [0.4, 0.5) is 0 Å². The zero-order valence-electron chi connectivity index (χ0n) is 13.1. The molecule has 2 amide bonds. The van der Waals surface area contributed by atoms with Gasteiger partial charge >= 0.3 is 0 Å². The summed E-state index contributed by atoms with van der Waals surface area (Å²) in [5.41, 5.74) is 1.10. The molecule has 22 heavy (non-hydrogen) atoms. The van der Waals surface area contributed by atoms with Crippen molar-refractivity contribution in [2.45, 2.75) is 25.8 Å². The van der Waals surface area contributed by atoms with Crippen molar-refractivity contribution < 1.29 is 9.59 Å². The minimum Gasteiger partial charge on any atom is -0.355 e. The van der Waals surface area contributed by atoms with Crippen molar-refractivity contribution in [2.75, 3.05) is 26.7 Å². The van der Waals surface area contributed by atoms with Crippen molar-refractivity contribution in [3.8, 4) is 0 Å². The van der Waals surface area contributed by atoms with Gasteiger partial charge in [0.05, 0.1) is 0 Å². The van der Waals surface area contributed by atoms with Gasteiger partial charge in [0.2, 0.25) is 0 Å². The van der Waals surface area contributed by atoms with E-state index in [2.05, 4.69) is 17.6 Å². The van der Waals surface area contributed by atoms with Crippen LogP contribution in [0.1, 0.15) is 40.5 Å². The van der Waals surface area contributed by atoms with E-state index in [0.717, 1.165) is 32.5 Å². The van der Waals surface area contributed by atoms with E-state index >= 15 is 0 Å². The van der Waals surface area contributed by atoms with Crippen LogP contribution in [0.2, 0.25) is 0 Å². The minimum atomic E-state index is -0.172. The highest BCUT2D eigenvalue weighted by atomic mass is 35.5. The first-order valence-electron chi connectivity index (χ1n) is 7.51. The second-order valence-corrected chi connectivity index (χ2v) is 5.31. The van der Waals surface area contributed by atoms with Gasteiger partial charge in [-0.3, -0.25) is 9.59 Å². The fraction of sp³-hybridized carbons (Fsp3) is 0.500. The van der Waals surface area contributed by atoms with Gasteiger partial charge in [0.25, 0.3) is 11.8 Å². The third kappa shape index (κ3) is 4.21. The average Bonchev–Trinajstić information content (AvgIpc) is 3.05. The van der Waals surface area contributed by atoms with Gasteiger partial charge in [-0.1, -0.05) is 13.0 Å². The molecule has 1 unspecified atom stereocenters. The van der Waals surface area contributed by atoms with Crippen LogP contribution in [0.5, 0.6) is 0 Å². The molecule has 0 aliphatic carbocycles. The summed E-state index contributed by atoms with van der Waals surface area (Å²) in [6.07, 6.45) is 1.91. The molecule has 1 aliphatic rings. The fourth-order valence-corrected chi connectivity index (χ4v) is 2.70. The molecular weight excluding hydrogens is 302 g/mol. The van der Waals surface area contributed by atoms with Gasteiger partial charge in [-0.05, 0) is 37.6 Å². The van der Waals surface area contributed by atoms with Crippen LogP contribution in [0.25, 0.3) is 0 Å². The first-order valence-corrected chi connectivity index (χ1v) is 7.51. The highest BCUT2D eigenvalue weighted by Gasteiger charge is 2.26. The number of nitrogens with zero attached hydrogens (tertiary/aromatic N) is 1. The number of carbonyl (C=O) groups is 2. The molecule has 5 nitrogen and oxygen atoms in total. The molecule has 0 aromatic heterocycles. The summed E-state index contributed by atoms with van der Waals surface area (Å²) in [6.45, 7) is 4.62. The molecule has 1 saturated heterocycles. The lowest BCUT2D eigenvalue weighted by Crippen LogP contribution is -2.42. The van der Waals surface area contributed by atoms with Gasteiger partial charge in [-0.15, -0.1) is 12.4 Å². The molecule has 2 rings (SSSR count). The summed E-state index contributed by atoms with van der Waals surface area (Å²) in [6, 6.07) is 7.18. The average molecular weight is 326 g/mol. The molecule has 0 bridgehead atoms. The largest absolute Gasteiger partial charge is 0.355 e. The summed E-state index contributed by atoms with van der Waals surface area (Å²) in [7, 11) is 1.59. The Labute approximate surface area is 137 Å². The second kappa shape index (κ2) is 8.76. The Hall–Kier alpha value is -1.59. The molecule has 1 aromatic rings. The first kappa shape index (κ1) is 18.5. The summed E-state index contributed by atoms with van der Waals surface area (Å²) >= 11 is 0. The number of carbonyl (C=O) groups excluding carboxylic acids is 2. The van der Waals surface area contributed by atoms with Crippen molar-refractivity contribution in [3.63, 3.8) is 0 Å². The van der Waals surface area contributed by atoms with Gasteiger partial charge in [-0.2, -0.15) is 0 Å². The highest BCUT2D eigenvalue weighted by molar-refractivity contribution is 5.99. The van der Waals surface area contributed by atoms with Gasteiger partial charge in [0.1, 0.15) is 0 Å². The lowest BCUT2D eigenvalue weighted by Gasteiger charge is -2.28. The summed E-state index contributed by atoms with van der Waals surface area (Å²) in [5, 5.41) is 5.88. The standard InChI is InChI=1S/C16H23N3O2.ClH/c1-3-9-19(14-7-8-18-11-14)16(21)13-6-4-5-12(10-13)15(20)17-2;/h4-6,10,14,18H,3,7-9,11H2,1-2H3,(H,17,20);1H. The van der Waals surface area contributed by atoms with E-state index in [1.165, 1.54) is 0 Å². The maximum Gasteiger partial charge on any atom is 0.254 e. The van der Waals surface area contributed by atoms with E-state index in [0.29, 0.717) is 11.1 Å². The zero-order valence-corrected chi connectivity index (χ0v) is 13.9. The molecular formula is C16H24ClN3O2. The van der Waals surface area contributed by atoms with Gasteiger partial charge < -0.3 is 15.5 Å². The third-order valence-electron chi connectivity index (χ3n) is 3.80. The summed E-state index contributed by atoms with van der Waals surface area (Å²) in [4.78, 5) is 26.4. The molecule has 2 N–H and O–H groups in total. The number of rotatable bonds is 5. The van der Waals surface area contributed by atoms with E-state index in [1.807, 2.05) is 4.90 Å². The van der Waals surface area contributed by atoms with Crippen LogP contribution in [0, 0.1) is 0 Å². The van der Waals surface area contributed by atoms with Crippen molar-refractivity contribution in [3.05, 3.63) is 35.4 Å². The number of amides is 2. The quantitative estimate of drug-likeness (QED) is 0.866. The topological polar surface area (TPSA) is 61.4 Å². The molecule has 1 fully saturated rings. The van der Waals surface area contributed by atoms with Crippen LogP contribution in [0.3, 0.4) is 0 Å². The van der Waals surface area contributed by atoms with Crippen molar-refractivity contribution in [1.82, 2.24) is 15.5 Å². The van der Waals surface area contributed by atoms with E-state index in [1.54, 1.807) is 31.3 Å². The number of nitrogens with one attached hydrogen (secondary N) is 2. The van der Waals surface area contributed by atoms with E-state index < -0.39 is 0 Å². The molecule has 122 valence electrons. The molecule has 6 heteroatoms. The van der Waals surface area contributed by atoms with Crippen LogP contribution in [-0.4, -0.2) is 49.4 Å². The van der Waals surface area contributed by atoms with Gasteiger partial charge in [-0.25, -0.2) is 0 Å². The number of hydrogen-bond donors (Lipinski definition) is 2. The molecule has 0 saturated carbocycles. The Kier molecular flexibility index (Phi) is 7.35. The maximum absolute atomic E-state index is 12.8. The Morgan fingerprint density at radius 2 is 2.09 bits per heavy atom. The van der Waals surface area contributed by atoms with Crippen LogP contribution < -0.4 is 10.6 Å². The monoisotopic (exact) mass is 325 g/mol. The zero-order chi connectivity index (χ0) is 15.2. The Morgan fingerprint density at radius 3 is 2.68 bits per heavy atom. The van der Waals surface area contributed by atoms with Crippen LogP contribution in [0.15, 0.2) is 24.3 Å². The Bertz CT molecular complexity index is 516. The minimum absolute atomic E-state index is 0. The predicted molar refractivity (Wildman–Crippen MR) is 89.7 cm³/mol. The SMILES string of the molecule is CCCN(C(=O)c1cccc(C(=O)NC)c1)C1CCNC1.Cl. The molecule has 0 radical (unpaired) electrons. The fourth-order valence-electron chi connectivity index (χ4n) is 2.70. The molecule has 1 heterocycles. The van der Waals surface area contributed by atoms with E-state index in [-0.39, 0.29) is 30.3 Å². The molecule has 1 aliphatic heterocycles. The highest BCUT2D eigenvalue weighted by Crippen LogP contribution is 2.15. The van der Waals surface area contributed by atoms with Crippen LogP contribution in [-0.2, 0) is 0 Å². The number of halogens is 1. The normalized spacial score (nSPS) is 16.7. The van der Waals surface area contributed by atoms with Gasteiger partial charge in [0, 0.05) is 37.3 Å². The smallest absolute Gasteiger partial charge is 0.254 e. The Balaban J connectivity index is 0.00000242. The van der Waals surface area contributed by atoms with Crippen molar-refractivity contribution in [2.24, 2.45) is 0 Å². The number of benzene rings is 1.